The molecule has 3 aromatic heterocycles. The second kappa shape index (κ2) is 6.15. The predicted molar refractivity (Wildman–Crippen MR) is 81.7 cm³/mol. The van der Waals surface area contributed by atoms with E-state index in [0.29, 0.717) is 18.0 Å². The predicted octanol–water partition coefficient (Wildman–Crippen LogP) is 1.49. The van der Waals surface area contributed by atoms with E-state index in [1.54, 1.807) is 53.2 Å². The number of carbonyl (C=O) groups excluding carboxylic acids is 1. The summed E-state index contributed by atoms with van der Waals surface area (Å²) in [6.07, 6.45) is 3.48. The molecule has 0 aromatic carbocycles. The average Bonchev–Trinajstić information content (AvgIpc) is 2.85. The van der Waals surface area contributed by atoms with Gasteiger partial charge in [-0.3, -0.25) is 4.79 Å². The van der Waals surface area contributed by atoms with Crippen LogP contribution in [0.3, 0.4) is 0 Å². The Bertz CT molecular complexity index is 896. The molecule has 0 unspecified atom stereocenters. The fraction of sp³-hybridized carbons (Fsp3) is 0.125. The number of nitrogens with zero attached hydrogens (tertiary/aromatic N) is 4. The molecule has 0 saturated heterocycles. The van der Waals surface area contributed by atoms with Gasteiger partial charge in [0.15, 0.2) is 0 Å². The Kier molecular flexibility index (Phi) is 3.89. The second-order valence-corrected chi connectivity index (χ2v) is 4.83. The molecule has 0 aliphatic carbocycles. The maximum Gasteiger partial charge on any atom is 0.337 e. The van der Waals surface area contributed by atoms with Gasteiger partial charge in [-0.1, -0.05) is 12.1 Å². The molecule has 1 amide bonds. The molecule has 0 radical (unpaired) electrons. The molecule has 0 aliphatic heterocycles. The number of aromatic hydroxyl groups is 1. The highest BCUT2D eigenvalue weighted by molar-refractivity contribution is 6.03. The topological polar surface area (TPSA) is 95.0 Å². The van der Waals surface area contributed by atoms with E-state index in [4.69, 9.17) is 5.26 Å². The molecular formula is C16H14N5O2+. The third-order valence-electron chi connectivity index (χ3n) is 3.39. The summed E-state index contributed by atoms with van der Waals surface area (Å²) >= 11 is 0. The monoisotopic (exact) mass is 308 g/mol. The van der Waals surface area contributed by atoms with Crippen molar-refractivity contribution in [3.63, 3.8) is 0 Å². The second-order valence-electron chi connectivity index (χ2n) is 4.83. The minimum atomic E-state index is -0.474. The summed E-state index contributed by atoms with van der Waals surface area (Å²) in [6, 6.07) is 12.5. The number of fused-ring (bicyclic) bond motifs is 1. The highest BCUT2D eigenvalue weighted by Gasteiger charge is 2.30. The molecule has 3 aromatic rings. The highest BCUT2D eigenvalue weighted by Crippen LogP contribution is 2.20. The van der Waals surface area contributed by atoms with Gasteiger partial charge in [0, 0.05) is 12.3 Å². The van der Waals surface area contributed by atoms with Crippen LogP contribution in [-0.2, 0) is 6.54 Å². The maximum absolute atomic E-state index is 12.5. The molecule has 7 heteroatoms. The first-order valence-electron chi connectivity index (χ1n) is 7.03. The van der Waals surface area contributed by atoms with Gasteiger partial charge >= 0.3 is 11.8 Å². The number of hydrogen-bond donors (Lipinski definition) is 2. The van der Waals surface area contributed by atoms with Gasteiger partial charge in [-0.25, -0.2) is 4.98 Å². The maximum atomic E-state index is 12.5. The Labute approximate surface area is 132 Å². The Morgan fingerprint density at radius 2 is 2.17 bits per heavy atom. The fourth-order valence-electron chi connectivity index (χ4n) is 2.39. The minimum absolute atomic E-state index is 0.101. The Morgan fingerprint density at radius 1 is 1.35 bits per heavy atom. The van der Waals surface area contributed by atoms with Crippen molar-refractivity contribution in [3.05, 3.63) is 54.5 Å². The Balaban J connectivity index is 2.05. The van der Waals surface area contributed by atoms with E-state index in [-0.39, 0.29) is 18.0 Å². The van der Waals surface area contributed by atoms with Crippen LogP contribution in [0, 0.1) is 11.3 Å². The van der Waals surface area contributed by atoms with E-state index in [1.165, 1.54) is 4.57 Å². The number of anilines is 1. The normalized spacial score (nSPS) is 10.4. The van der Waals surface area contributed by atoms with Gasteiger partial charge in [-0.2, -0.15) is 14.2 Å². The van der Waals surface area contributed by atoms with E-state index in [1.807, 2.05) is 6.07 Å². The molecule has 2 N–H and O–H groups in total. The number of amides is 1. The number of aryl methyl sites for hydroxylation is 1. The standard InChI is InChI=1S/C16H13N5O2/c17-8-5-11-21-13-7-2-4-10-20(13)14(16(21)23)15(22)19-12-6-1-3-9-18-12/h1-4,6-7,9-10H,5,11H2,(H-,18,19,22,23)/p+1. The molecule has 3 heterocycles. The van der Waals surface area contributed by atoms with Crippen LogP contribution in [0.1, 0.15) is 16.9 Å². The SMILES string of the molecule is N#CCCn1c(O)c(C(=O)Nc2ccccn2)[n+]2ccccc12. The number of hydrogen-bond acceptors (Lipinski definition) is 4. The van der Waals surface area contributed by atoms with Gasteiger partial charge in [0.05, 0.1) is 18.7 Å². The zero-order valence-electron chi connectivity index (χ0n) is 12.2. The van der Waals surface area contributed by atoms with Gasteiger partial charge in [-0.05, 0) is 18.2 Å². The van der Waals surface area contributed by atoms with Crippen LogP contribution in [0.15, 0.2) is 48.8 Å². The fourth-order valence-corrected chi connectivity index (χ4v) is 2.39. The van der Waals surface area contributed by atoms with Gasteiger partial charge in [0.25, 0.3) is 11.3 Å². The van der Waals surface area contributed by atoms with Crippen molar-refractivity contribution >= 4 is 17.4 Å². The average molecular weight is 308 g/mol. The van der Waals surface area contributed by atoms with Gasteiger partial charge in [0.2, 0.25) is 0 Å². The van der Waals surface area contributed by atoms with E-state index in [0.717, 1.165) is 0 Å². The van der Waals surface area contributed by atoms with Crippen molar-refractivity contribution in [2.24, 2.45) is 0 Å². The van der Waals surface area contributed by atoms with Crippen molar-refractivity contribution < 1.29 is 14.3 Å². The van der Waals surface area contributed by atoms with Crippen molar-refractivity contribution in [2.45, 2.75) is 13.0 Å². The van der Waals surface area contributed by atoms with Crippen LogP contribution >= 0.6 is 0 Å². The van der Waals surface area contributed by atoms with Crippen LogP contribution in [0.4, 0.5) is 5.82 Å². The van der Waals surface area contributed by atoms with Crippen molar-refractivity contribution in [1.82, 2.24) is 9.55 Å². The summed E-state index contributed by atoms with van der Waals surface area (Å²) in [7, 11) is 0. The summed E-state index contributed by atoms with van der Waals surface area (Å²) in [5.41, 5.74) is 0.732. The Hall–Kier alpha value is -3.40. The minimum Gasteiger partial charge on any atom is -0.475 e. The van der Waals surface area contributed by atoms with Crippen molar-refractivity contribution in [1.29, 1.82) is 5.26 Å². The summed E-state index contributed by atoms with van der Waals surface area (Å²) < 4.78 is 3.13. The first-order chi connectivity index (χ1) is 11.2. The molecule has 0 aliphatic rings. The summed E-state index contributed by atoms with van der Waals surface area (Å²) in [5.74, 6) is -0.260. The summed E-state index contributed by atoms with van der Waals surface area (Å²) in [5, 5.41) is 21.9. The molecule has 0 spiro atoms. The zero-order valence-corrected chi connectivity index (χ0v) is 12.2. The van der Waals surface area contributed by atoms with Crippen LogP contribution in [0.25, 0.3) is 5.65 Å². The van der Waals surface area contributed by atoms with E-state index >= 15 is 0 Å². The molecule has 0 atom stereocenters. The molecule has 0 bridgehead atoms. The molecule has 7 nitrogen and oxygen atoms in total. The van der Waals surface area contributed by atoms with E-state index in [9.17, 15) is 9.90 Å². The first kappa shape index (κ1) is 14.5. The first-order valence-corrected chi connectivity index (χ1v) is 7.03. The lowest BCUT2D eigenvalue weighted by molar-refractivity contribution is -0.513. The van der Waals surface area contributed by atoms with Crippen LogP contribution < -0.4 is 9.72 Å². The number of nitrogens with one attached hydrogen (secondary N) is 1. The lowest BCUT2D eigenvalue weighted by atomic mass is 10.3. The number of rotatable bonds is 4. The summed E-state index contributed by atoms with van der Waals surface area (Å²) in [6.45, 7) is 0.298. The third kappa shape index (κ3) is 2.70. The molecule has 0 saturated carbocycles. The number of aromatic nitrogens is 3. The van der Waals surface area contributed by atoms with Crippen molar-refractivity contribution in [3.8, 4) is 11.9 Å². The lowest BCUT2D eigenvalue weighted by Crippen LogP contribution is -2.30. The van der Waals surface area contributed by atoms with Gasteiger partial charge in [0.1, 0.15) is 12.4 Å². The number of nitriles is 1. The molecule has 0 fully saturated rings. The molecule has 114 valence electrons. The largest absolute Gasteiger partial charge is 0.475 e. The van der Waals surface area contributed by atoms with Crippen LogP contribution in [0.2, 0.25) is 0 Å². The molecule has 3 rings (SSSR count). The number of pyridine rings is 2. The molecule has 23 heavy (non-hydrogen) atoms. The van der Waals surface area contributed by atoms with E-state index < -0.39 is 5.91 Å². The van der Waals surface area contributed by atoms with Crippen molar-refractivity contribution in [2.75, 3.05) is 5.32 Å². The third-order valence-corrected chi connectivity index (χ3v) is 3.39. The Morgan fingerprint density at radius 3 is 2.91 bits per heavy atom. The van der Waals surface area contributed by atoms with Gasteiger partial charge < -0.3 is 10.4 Å². The zero-order chi connectivity index (χ0) is 16.2. The van der Waals surface area contributed by atoms with Crippen LogP contribution in [0.5, 0.6) is 5.88 Å². The van der Waals surface area contributed by atoms with Gasteiger partial charge in [-0.15, -0.1) is 0 Å². The number of carbonyl (C=O) groups is 1. The number of imidazole rings is 1. The highest BCUT2D eigenvalue weighted by atomic mass is 16.3. The lowest BCUT2D eigenvalue weighted by Gasteiger charge is -2.00. The van der Waals surface area contributed by atoms with E-state index in [2.05, 4.69) is 10.3 Å². The quantitative estimate of drug-likeness (QED) is 0.714. The molecular weight excluding hydrogens is 294 g/mol. The summed E-state index contributed by atoms with van der Waals surface area (Å²) in [4.78, 5) is 16.6. The van der Waals surface area contributed by atoms with Crippen LogP contribution in [-0.4, -0.2) is 20.6 Å². The smallest absolute Gasteiger partial charge is 0.337 e.